The first-order valence-electron chi connectivity index (χ1n) is 7.99. The fraction of sp³-hybridized carbons (Fsp3) is 0.438. The van der Waals surface area contributed by atoms with Gasteiger partial charge in [0.2, 0.25) is 11.1 Å². The van der Waals surface area contributed by atoms with E-state index in [2.05, 4.69) is 10.2 Å². The Morgan fingerprint density at radius 1 is 1.38 bits per heavy atom. The normalized spacial score (nSPS) is 17.3. The summed E-state index contributed by atoms with van der Waals surface area (Å²) < 4.78 is 20.6. The van der Waals surface area contributed by atoms with Crippen LogP contribution in [0.15, 0.2) is 29.4 Å². The first-order chi connectivity index (χ1) is 11.7. The predicted molar refractivity (Wildman–Crippen MR) is 86.9 cm³/mol. The van der Waals surface area contributed by atoms with Gasteiger partial charge in [0.25, 0.3) is 0 Å². The molecule has 126 valence electrons. The number of aromatic nitrogens is 3. The van der Waals surface area contributed by atoms with Gasteiger partial charge in [-0.3, -0.25) is 4.79 Å². The number of amides is 1. The predicted octanol–water partition coefficient (Wildman–Crippen LogP) is 2.37. The third-order valence-corrected chi connectivity index (χ3v) is 5.22. The molecule has 2 aromatic rings. The average molecular weight is 348 g/mol. The molecule has 0 atom stereocenters. The third-order valence-electron chi connectivity index (χ3n) is 4.33. The standard InChI is InChI=1S/C16H17FN4O2S/c17-12-5-2-6-13(9-12)23-10-14-18-19-16-21(14)20(7-8-24-16)15(22)11-3-1-4-11/h2,5-6,9,11H,1,3-4,7-8,10H2. The highest BCUT2D eigenvalue weighted by Gasteiger charge is 2.34. The Morgan fingerprint density at radius 2 is 2.25 bits per heavy atom. The highest BCUT2D eigenvalue weighted by Crippen LogP contribution is 2.31. The van der Waals surface area contributed by atoms with Gasteiger partial charge >= 0.3 is 0 Å². The van der Waals surface area contributed by atoms with E-state index in [4.69, 9.17) is 4.74 Å². The maximum absolute atomic E-state index is 13.2. The second kappa shape index (κ2) is 6.43. The van der Waals surface area contributed by atoms with E-state index in [1.807, 2.05) is 0 Å². The van der Waals surface area contributed by atoms with E-state index in [1.54, 1.807) is 33.6 Å². The number of halogens is 1. The van der Waals surface area contributed by atoms with Crippen LogP contribution in [-0.4, -0.2) is 33.1 Å². The number of thioether (sulfide) groups is 1. The van der Waals surface area contributed by atoms with Gasteiger partial charge in [0, 0.05) is 17.7 Å². The van der Waals surface area contributed by atoms with E-state index < -0.39 is 0 Å². The Morgan fingerprint density at radius 3 is 3.00 bits per heavy atom. The molecule has 2 aliphatic rings. The summed E-state index contributed by atoms with van der Waals surface area (Å²) in [5, 5.41) is 10.7. The highest BCUT2D eigenvalue weighted by molar-refractivity contribution is 7.99. The van der Waals surface area contributed by atoms with Crippen molar-refractivity contribution in [3.63, 3.8) is 0 Å². The van der Waals surface area contributed by atoms with Crippen molar-refractivity contribution < 1.29 is 13.9 Å². The largest absolute Gasteiger partial charge is 0.485 e. The van der Waals surface area contributed by atoms with Crippen molar-refractivity contribution in [2.75, 3.05) is 17.3 Å². The van der Waals surface area contributed by atoms with Crippen LogP contribution in [0.2, 0.25) is 0 Å². The van der Waals surface area contributed by atoms with E-state index in [1.165, 1.54) is 12.1 Å². The Hall–Kier alpha value is -2.09. The van der Waals surface area contributed by atoms with E-state index in [9.17, 15) is 9.18 Å². The average Bonchev–Trinajstić information content (AvgIpc) is 2.94. The molecule has 0 unspecified atom stereocenters. The molecule has 0 saturated heterocycles. The minimum atomic E-state index is -0.354. The summed E-state index contributed by atoms with van der Waals surface area (Å²) in [4.78, 5) is 12.7. The minimum absolute atomic E-state index is 0.111. The number of carbonyl (C=O) groups is 1. The van der Waals surface area contributed by atoms with Crippen molar-refractivity contribution in [2.24, 2.45) is 5.92 Å². The Kier molecular flexibility index (Phi) is 4.13. The lowest BCUT2D eigenvalue weighted by atomic mass is 9.84. The maximum atomic E-state index is 13.2. The molecule has 24 heavy (non-hydrogen) atoms. The van der Waals surface area contributed by atoms with Gasteiger partial charge in [0.1, 0.15) is 18.2 Å². The van der Waals surface area contributed by atoms with Crippen LogP contribution in [0.1, 0.15) is 25.1 Å². The first-order valence-corrected chi connectivity index (χ1v) is 8.98. The van der Waals surface area contributed by atoms with Gasteiger partial charge in [-0.25, -0.2) is 14.1 Å². The van der Waals surface area contributed by atoms with Gasteiger partial charge in [-0.15, -0.1) is 10.2 Å². The third kappa shape index (κ3) is 2.86. The molecule has 0 N–H and O–H groups in total. The van der Waals surface area contributed by atoms with Crippen molar-refractivity contribution in [3.8, 4) is 5.75 Å². The minimum Gasteiger partial charge on any atom is -0.485 e. The van der Waals surface area contributed by atoms with E-state index in [-0.39, 0.29) is 24.2 Å². The van der Waals surface area contributed by atoms with Crippen molar-refractivity contribution in [2.45, 2.75) is 31.0 Å². The van der Waals surface area contributed by atoms with Gasteiger partial charge in [-0.2, -0.15) is 0 Å². The topological polar surface area (TPSA) is 60.3 Å². The molecule has 1 amide bonds. The van der Waals surface area contributed by atoms with Crippen LogP contribution >= 0.6 is 11.8 Å². The lowest BCUT2D eigenvalue weighted by Crippen LogP contribution is -2.49. The van der Waals surface area contributed by atoms with E-state index >= 15 is 0 Å². The van der Waals surface area contributed by atoms with Crippen LogP contribution in [0, 0.1) is 11.7 Å². The van der Waals surface area contributed by atoms with Crippen molar-refractivity contribution >= 4 is 17.7 Å². The highest BCUT2D eigenvalue weighted by atomic mass is 32.2. The number of benzene rings is 1. The van der Waals surface area contributed by atoms with Crippen LogP contribution in [0.3, 0.4) is 0 Å². The second-order valence-corrected chi connectivity index (χ2v) is 6.96. The number of nitrogens with zero attached hydrogens (tertiary/aromatic N) is 4. The smallest absolute Gasteiger partial charge is 0.244 e. The Bertz CT molecular complexity index is 762. The zero-order chi connectivity index (χ0) is 16.5. The van der Waals surface area contributed by atoms with Crippen molar-refractivity contribution in [3.05, 3.63) is 35.9 Å². The van der Waals surface area contributed by atoms with Crippen molar-refractivity contribution in [1.29, 1.82) is 0 Å². The molecule has 2 heterocycles. The zero-order valence-electron chi connectivity index (χ0n) is 13.0. The molecule has 1 fully saturated rings. The molecule has 1 saturated carbocycles. The van der Waals surface area contributed by atoms with Crippen LogP contribution in [0.4, 0.5) is 4.39 Å². The summed E-state index contributed by atoms with van der Waals surface area (Å²) in [6.45, 7) is 0.767. The van der Waals surface area contributed by atoms with E-state index in [0.29, 0.717) is 23.3 Å². The molecular formula is C16H17FN4O2S. The maximum Gasteiger partial charge on any atom is 0.244 e. The van der Waals surface area contributed by atoms with Gasteiger partial charge < -0.3 is 4.74 Å². The van der Waals surface area contributed by atoms with Gasteiger partial charge in [-0.1, -0.05) is 24.2 Å². The molecule has 0 bridgehead atoms. The van der Waals surface area contributed by atoms with Crippen molar-refractivity contribution in [1.82, 2.24) is 14.9 Å². The first kappa shape index (κ1) is 15.4. The molecule has 6 nitrogen and oxygen atoms in total. The monoisotopic (exact) mass is 348 g/mol. The molecule has 0 spiro atoms. The zero-order valence-corrected chi connectivity index (χ0v) is 13.8. The van der Waals surface area contributed by atoms with Crippen LogP contribution < -0.4 is 9.75 Å². The summed E-state index contributed by atoms with van der Waals surface area (Å²) in [5.41, 5.74) is 0. The van der Waals surface area contributed by atoms with Gasteiger partial charge in [-0.05, 0) is 25.0 Å². The summed E-state index contributed by atoms with van der Waals surface area (Å²) in [5.74, 6) is 1.67. The summed E-state index contributed by atoms with van der Waals surface area (Å²) in [6.07, 6.45) is 3.02. The molecule has 1 aliphatic carbocycles. The SMILES string of the molecule is O=C(C1CCC1)N1CCSc2nnc(COc3cccc(F)c3)n21. The number of fused-ring (bicyclic) bond motifs is 1. The number of hydrogen-bond donors (Lipinski definition) is 0. The lowest BCUT2D eigenvalue weighted by molar-refractivity contribution is -0.126. The number of ether oxygens (including phenoxy) is 1. The quantitative estimate of drug-likeness (QED) is 0.849. The fourth-order valence-corrected chi connectivity index (χ4v) is 3.69. The number of rotatable bonds is 4. The Balaban J connectivity index is 1.54. The molecule has 1 aliphatic heterocycles. The van der Waals surface area contributed by atoms with Gasteiger partial charge in [0.15, 0.2) is 5.82 Å². The molecule has 0 radical (unpaired) electrons. The molecular weight excluding hydrogens is 331 g/mol. The molecule has 4 rings (SSSR count). The lowest BCUT2D eigenvalue weighted by Gasteiger charge is -2.34. The van der Waals surface area contributed by atoms with Crippen LogP contribution in [0.25, 0.3) is 0 Å². The number of hydrogen-bond acceptors (Lipinski definition) is 5. The summed E-state index contributed by atoms with van der Waals surface area (Å²) in [7, 11) is 0. The number of carbonyl (C=O) groups excluding carboxylic acids is 1. The summed E-state index contributed by atoms with van der Waals surface area (Å²) in [6, 6.07) is 5.95. The van der Waals surface area contributed by atoms with E-state index in [0.717, 1.165) is 25.0 Å². The molecule has 1 aromatic carbocycles. The van der Waals surface area contributed by atoms with Crippen LogP contribution in [-0.2, 0) is 11.4 Å². The Labute approximate surface area is 143 Å². The second-order valence-electron chi connectivity index (χ2n) is 5.89. The fourth-order valence-electron chi connectivity index (χ4n) is 2.82. The van der Waals surface area contributed by atoms with Crippen LogP contribution in [0.5, 0.6) is 5.75 Å². The van der Waals surface area contributed by atoms with Gasteiger partial charge in [0.05, 0.1) is 6.54 Å². The molecule has 1 aromatic heterocycles. The summed E-state index contributed by atoms with van der Waals surface area (Å²) >= 11 is 1.57. The molecule has 8 heteroatoms.